The van der Waals surface area contributed by atoms with Crippen molar-refractivity contribution < 1.29 is 0 Å². The molecule has 0 N–H and O–H groups in total. The Balaban J connectivity index is 2.54. The van der Waals surface area contributed by atoms with Gasteiger partial charge in [0.15, 0.2) is 0 Å². The predicted octanol–water partition coefficient (Wildman–Crippen LogP) is 1.73. The molecule has 1 heteroatoms. The first-order valence-corrected chi connectivity index (χ1v) is 5.52. The van der Waals surface area contributed by atoms with Crippen LogP contribution < -0.4 is 0 Å². The van der Waals surface area contributed by atoms with Crippen molar-refractivity contribution in [3.8, 4) is 0 Å². The first kappa shape index (κ1) is 5.10. The molecule has 0 fully saturated rings. The highest BCUT2D eigenvalue weighted by Crippen LogP contribution is 2.16. The molecule has 0 aromatic carbocycles. The van der Waals surface area contributed by atoms with Gasteiger partial charge in [-0.3, -0.25) is 0 Å². The highest BCUT2D eigenvalue weighted by molar-refractivity contribution is 6.66. The van der Waals surface area contributed by atoms with Crippen molar-refractivity contribution in [2.24, 2.45) is 0 Å². The zero-order valence-corrected chi connectivity index (χ0v) is 6.22. The minimum absolute atomic E-state index is 0.282. The lowest BCUT2D eigenvalue weighted by molar-refractivity contribution is 1.23. The van der Waals surface area contributed by atoms with Crippen LogP contribution in [0.2, 0.25) is 12.6 Å². The highest BCUT2D eigenvalue weighted by Gasteiger charge is 2.09. The Morgan fingerprint density at radius 3 is 2.57 bits per heavy atom. The van der Waals surface area contributed by atoms with Crippen LogP contribution in [-0.4, -0.2) is 8.80 Å². The van der Waals surface area contributed by atoms with Gasteiger partial charge in [-0.25, -0.2) is 0 Å². The summed E-state index contributed by atoms with van der Waals surface area (Å²) in [5, 5.41) is 1.72. The number of rotatable bonds is 0. The molecule has 7 heavy (non-hydrogen) atoms. The van der Waals surface area contributed by atoms with Crippen LogP contribution in [0.1, 0.15) is 13.3 Å². The molecule has 1 unspecified atom stereocenters. The van der Waals surface area contributed by atoms with Crippen LogP contribution >= 0.6 is 0 Å². The fourth-order valence-corrected chi connectivity index (χ4v) is 2.68. The molecule has 1 atom stereocenters. The Hall–Kier alpha value is -0.0431. The third kappa shape index (κ3) is 0.941. The quantitative estimate of drug-likeness (QED) is 0.419. The van der Waals surface area contributed by atoms with E-state index in [9.17, 15) is 0 Å². The molecule has 0 bridgehead atoms. The molecule has 0 aliphatic carbocycles. The van der Waals surface area contributed by atoms with Gasteiger partial charge in [0.2, 0.25) is 0 Å². The fraction of sp³-hybridized carbons (Fsp3) is 0.667. The van der Waals surface area contributed by atoms with Crippen molar-refractivity contribution in [3.05, 3.63) is 11.3 Å². The smallest absolute Gasteiger partial charge is 0.0621 e. The van der Waals surface area contributed by atoms with Crippen molar-refractivity contribution in [1.82, 2.24) is 0 Å². The number of allylic oxidation sites excluding steroid dienone is 2. The second-order valence-electron chi connectivity index (χ2n) is 2.43. The van der Waals surface area contributed by atoms with Gasteiger partial charge < -0.3 is 0 Å². The molecule has 0 aromatic heterocycles. The monoisotopic (exact) mass is 112 g/mol. The van der Waals surface area contributed by atoms with E-state index < -0.39 is 0 Å². The third-order valence-electron chi connectivity index (χ3n) is 1.84. The Kier molecular flexibility index (Phi) is 1.33. The predicted molar refractivity (Wildman–Crippen MR) is 36.2 cm³/mol. The largest absolute Gasteiger partial charge is 0.0913 e. The van der Waals surface area contributed by atoms with E-state index in [1.54, 1.807) is 5.20 Å². The zero-order valence-electron chi connectivity index (χ0n) is 5.07. The molecule has 0 saturated carbocycles. The van der Waals surface area contributed by atoms with Gasteiger partial charge in [0.25, 0.3) is 0 Å². The Morgan fingerprint density at radius 1 is 1.71 bits per heavy atom. The molecule has 1 heterocycles. The molecular formula is C6H12Si. The van der Waals surface area contributed by atoms with Crippen molar-refractivity contribution in [2.45, 2.75) is 25.9 Å². The molecule has 0 aromatic rings. The molecule has 0 nitrogen and oxygen atoms in total. The Morgan fingerprint density at radius 2 is 2.43 bits per heavy atom. The minimum Gasteiger partial charge on any atom is -0.0913 e. The summed E-state index contributed by atoms with van der Waals surface area (Å²) in [4.78, 5) is 0. The Bertz CT molecular complexity index is 94.4. The second kappa shape index (κ2) is 1.82. The zero-order chi connectivity index (χ0) is 5.28. The lowest BCUT2D eigenvalue weighted by Crippen LogP contribution is -2.01. The first-order chi connectivity index (χ1) is 3.30. The average Bonchev–Trinajstić information content (AvgIpc) is 1.91. The van der Waals surface area contributed by atoms with E-state index in [0.717, 1.165) is 0 Å². The van der Waals surface area contributed by atoms with Crippen LogP contribution in [0.3, 0.4) is 0 Å². The van der Waals surface area contributed by atoms with Gasteiger partial charge in [-0.1, -0.05) is 23.9 Å². The van der Waals surface area contributed by atoms with E-state index in [-0.39, 0.29) is 8.80 Å². The lowest BCUT2D eigenvalue weighted by atomic mass is 10.4. The molecule has 40 valence electrons. The Labute approximate surface area is 46.8 Å². The van der Waals surface area contributed by atoms with Gasteiger partial charge in [0, 0.05) is 0 Å². The molecule has 1 aliphatic rings. The van der Waals surface area contributed by atoms with Gasteiger partial charge in [-0.2, -0.15) is 0 Å². The van der Waals surface area contributed by atoms with Crippen LogP contribution in [-0.2, 0) is 0 Å². The van der Waals surface area contributed by atoms with Crippen LogP contribution in [0.25, 0.3) is 0 Å². The van der Waals surface area contributed by atoms with E-state index in [4.69, 9.17) is 0 Å². The van der Waals surface area contributed by atoms with E-state index in [1.807, 2.05) is 0 Å². The summed E-state index contributed by atoms with van der Waals surface area (Å²) in [6.07, 6.45) is 3.77. The molecule has 1 aliphatic heterocycles. The van der Waals surface area contributed by atoms with E-state index >= 15 is 0 Å². The summed E-state index contributed by atoms with van der Waals surface area (Å²) in [5.41, 5.74) is 0. The maximum atomic E-state index is 2.43. The number of hydrogen-bond donors (Lipinski definition) is 0. The standard InChI is InChI=1S/C6H12Si/c1-6-4-3-5-7(6)2/h4,7H,3,5H2,1-2H3. The molecule has 0 radical (unpaired) electrons. The minimum atomic E-state index is -0.282. The normalized spacial score (nSPS) is 30.6. The van der Waals surface area contributed by atoms with Crippen LogP contribution in [0, 0.1) is 0 Å². The molecule has 0 spiro atoms. The summed E-state index contributed by atoms with van der Waals surface area (Å²) >= 11 is 0. The van der Waals surface area contributed by atoms with Crippen LogP contribution in [0.15, 0.2) is 11.3 Å². The molecule has 0 amide bonds. The van der Waals surface area contributed by atoms with Gasteiger partial charge in [-0.05, 0) is 13.3 Å². The summed E-state index contributed by atoms with van der Waals surface area (Å²) in [6, 6.07) is 1.52. The van der Waals surface area contributed by atoms with Gasteiger partial charge in [0.05, 0.1) is 8.80 Å². The topological polar surface area (TPSA) is 0 Å². The van der Waals surface area contributed by atoms with E-state index in [0.29, 0.717) is 0 Å². The van der Waals surface area contributed by atoms with Crippen LogP contribution in [0.5, 0.6) is 0 Å². The van der Waals surface area contributed by atoms with Gasteiger partial charge >= 0.3 is 0 Å². The van der Waals surface area contributed by atoms with E-state index in [2.05, 4.69) is 19.5 Å². The third-order valence-corrected chi connectivity index (χ3v) is 4.83. The van der Waals surface area contributed by atoms with Crippen molar-refractivity contribution >= 4 is 8.80 Å². The molecular weight excluding hydrogens is 100 g/mol. The van der Waals surface area contributed by atoms with Gasteiger partial charge in [0.1, 0.15) is 0 Å². The SMILES string of the molecule is CC1=CCC[SiH]1C. The average molecular weight is 112 g/mol. The summed E-state index contributed by atoms with van der Waals surface area (Å²) in [6.45, 7) is 4.71. The summed E-state index contributed by atoms with van der Waals surface area (Å²) < 4.78 is 0. The number of hydrogen-bond acceptors (Lipinski definition) is 0. The van der Waals surface area contributed by atoms with Crippen LogP contribution in [0.4, 0.5) is 0 Å². The maximum Gasteiger partial charge on any atom is 0.0621 e. The second-order valence-corrected chi connectivity index (χ2v) is 5.72. The van der Waals surface area contributed by atoms with Gasteiger partial charge in [-0.15, -0.1) is 0 Å². The summed E-state index contributed by atoms with van der Waals surface area (Å²) in [5.74, 6) is 0. The highest BCUT2D eigenvalue weighted by atomic mass is 28.3. The lowest BCUT2D eigenvalue weighted by Gasteiger charge is -1.96. The maximum absolute atomic E-state index is 2.43. The summed E-state index contributed by atoms with van der Waals surface area (Å²) in [7, 11) is -0.282. The van der Waals surface area contributed by atoms with Crippen molar-refractivity contribution in [2.75, 3.05) is 0 Å². The molecule has 0 saturated heterocycles. The van der Waals surface area contributed by atoms with E-state index in [1.165, 1.54) is 12.5 Å². The molecule has 1 rings (SSSR count). The fourth-order valence-electron chi connectivity index (χ4n) is 0.990. The first-order valence-electron chi connectivity index (χ1n) is 2.97. The van der Waals surface area contributed by atoms with Crippen molar-refractivity contribution in [1.29, 1.82) is 0 Å². The van der Waals surface area contributed by atoms with Crippen molar-refractivity contribution in [3.63, 3.8) is 0 Å².